The van der Waals surface area contributed by atoms with Crippen LogP contribution in [-0.4, -0.2) is 22.2 Å². The molecule has 11 aromatic carbocycles. The molecule has 5 nitrogen and oxygen atoms in total. The zero-order chi connectivity index (χ0) is 72.2. The summed E-state index contributed by atoms with van der Waals surface area (Å²) < 4.78 is 155. The summed E-state index contributed by atoms with van der Waals surface area (Å²) in [5.41, 5.74) is 4.70. The van der Waals surface area contributed by atoms with Gasteiger partial charge in [0.15, 0.2) is 8.07 Å². The highest BCUT2D eigenvalue weighted by Gasteiger charge is 2.41. The third-order valence-electron chi connectivity index (χ3n) is 16.4. The summed E-state index contributed by atoms with van der Waals surface area (Å²) in [6.07, 6.45) is 5.00. The van der Waals surface area contributed by atoms with Crippen LogP contribution in [-0.2, 0) is 12.0 Å². The maximum Gasteiger partial charge on any atom is 0.244 e. The van der Waals surface area contributed by atoms with Gasteiger partial charge in [0.1, 0.15) is 17.3 Å². The van der Waals surface area contributed by atoms with Gasteiger partial charge in [-0.3, -0.25) is 4.57 Å². The highest BCUT2D eigenvalue weighted by molar-refractivity contribution is 7.20. The van der Waals surface area contributed by atoms with Gasteiger partial charge < -0.3 is 13.9 Å². The molecule has 0 saturated heterocycles. The predicted octanol–water partition coefficient (Wildman–Crippen LogP) is 16.7. The molecule has 3 aromatic heterocycles. The quantitative estimate of drug-likeness (QED) is 0.0499. The number of aryl methyl sites for hydroxylation is 3. The van der Waals surface area contributed by atoms with Crippen molar-refractivity contribution >= 4 is 61.7 Å². The lowest BCUT2D eigenvalue weighted by molar-refractivity contribution is -0.666. The van der Waals surface area contributed by atoms with Crippen molar-refractivity contribution < 1.29 is 31.2 Å². The Labute approximate surface area is 527 Å². The summed E-state index contributed by atoms with van der Waals surface area (Å²) in [6, 6.07) is 63.5. The molecule has 14 aromatic rings. The van der Waals surface area contributed by atoms with Gasteiger partial charge in [0.2, 0.25) is 6.33 Å². The minimum Gasteiger partial charge on any atom is -0.458 e. The minimum absolute atomic E-state index is 0.0118. The van der Waals surface area contributed by atoms with Crippen molar-refractivity contribution in [2.45, 2.75) is 53.4 Å². The number of aromatic nitrogens is 4. The van der Waals surface area contributed by atoms with Gasteiger partial charge in [-0.25, -0.2) is 4.98 Å². The van der Waals surface area contributed by atoms with Crippen molar-refractivity contribution in [3.8, 4) is 56.4 Å². The molecule has 0 bridgehead atoms. The van der Waals surface area contributed by atoms with Gasteiger partial charge in [0.25, 0.3) is 0 Å². The Morgan fingerprint density at radius 3 is 1.77 bits per heavy atom. The molecule has 0 amide bonds. The summed E-state index contributed by atoms with van der Waals surface area (Å²) in [7, 11) is -3.11. The fourth-order valence-electron chi connectivity index (χ4n) is 12.3. The van der Waals surface area contributed by atoms with Gasteiger partial charge in [0, 0.05) is 42.4 Å². The van der Waals surface area contributed by atoms with Crippen LogP contribution in [0.1, 0.15) is 70.5 Å². The normalized spacial score (nSPS) is 14.8. The number of nitrogens with zero attached hydrogens (tertiary/aromatic N) is 4. The standard InChI is InChI=1S/C80H66N4OSi/c1-55-26-24-27-56(2)79(55)72-52-81-78(46-57(72)3)84-74-45-43-67(86(64-34-16-9-17-35-64,65-36-18-10-19-37-65)66-38-20-11-21-39-66)51-71(74)68-44-42-63(50-77(68)84)85-62-33-25-32-61(49-62)83-54-82(75-40-22-23-41-76(75)83)53-73-69(58-28-12-7-13-29-58)47-60(80(4,5)6)48-70(73)59-30-14-8-15-31-59/h7-52H,53H2,1-6H3/i1D3,3D3,7D,8D,12D,13D,14D,15D,28D,29D,30D,31D. The van der Waals surface area contributed by atoms with Crippen LogP contribution in [0.15, 0.2) is 279 Å². The van der Waals surface area contributed by atoms with E-state index in [-0.39, 0.29) is 56.9 Å². The van der Waals surface area contributed by atoms with Gasteiger partial charge in [-0.1, -0.05) is 251 Å². The van der Waals surface area contributed by atoms with E-state index in [2.05, 4.69) is 97.3 Å². The van der Waals surface area contributed by atoms with Gasteiger partial charge in [-0.2, -0.15) is 0 Å². The Morgan fingerprint density at radius 2 is 1.13 bits per heavy atom. The van der Waals surface area contributed by atoms with Crippen molar-refractivity contribution in [3.05, 3.63) is 313 Å². The van der Waals surface area contributed by atoms with Crippen molar-refractivity contribution in [2.75, 3.05) is 0 Å². The number of para-hydroxylation sites is 2. The summed E-state index contributed by atoms with van der Waals surface area (Å²) >= 11 is 0. The molecule has 0 aliphatic heterocycles. The first-order chi connectivity index (χ1) is 48.6. The van der Waals surface area contributed by atoms with Crippen LogP contribution in [0.2, 0.25) is 0 Å². The number of imidazole rings is 1. The van der Waals surface area contributed by atoms with Crippen LogP contribution >= 0.6 is 0 Å². The Hall–Kier alpha value is -10.1. The second-order valence-electron chi connectivity index (χ2n) is 22.6. The molecular weight excluding hydrogens is 1060 g/mol. The molecule has 0 saturated carbocycles. The van der Waals surface area contributed by atoms with Crippen molar-refractivity contribution in [2.24, 2.45) is 0 Å². The van der Waals surface area contributed by atoms with Gasteiger partial charge in [-0.05, 0) is 133 Å². The Bertz CT molecular complexity index is 5450. The van der Waals surface area contributed by atoms with E-state index in [0.717, 1.165) is 21.5 Å². The van der Waals surface area contributed by atoms with Crippen LogP contribution < -0.4 is 30.1 Å². The van der Waals surface area contributed by atoms with Crippen molar-refractivity contribution in [3.63, 3.8) is 0 Å². The molecule has 86 heavy (non-hydrogen) atoms. The third kappa shape index (κ3) is 9.62. The fourth-order valence-corrected chi connectivity index (χ4v) is 17.1. The zero-order valence-corrected chi connectivity index (χ0v) is 48.7. The van der Waals surface area contributed by atoms with E-state index >= 15 is 0 Å². The smallest absolute Gasteiger partial charge is 0.244 e. The zero-order valence-electron chi connectivity index (χ0n) is 63.7. The highest BCUT2D eigenvalue weighted by Crippen LogP contribution is 2.40. The molecule has 0 unspecified atom stereocenters. The number of pyridine rings is 1. The molecule has 0 radical (unpaired) electrons. The van der Waals surface area contributed by atoms with Crippen molar-refractivity contribution in [1.29, 1.82) is 0 Å². The molecular formula is C80H66N4OSi. The van der Waals surface area contributed by atoms with Crippen LogP contribution in [0.4, 0.5) is 0 Å². The molecule has 416 valence electrons. The number of benzene rings is 11. The Balaban J connectivity index is 0.943. The number of rotatable bonds is 13. The SMILES string of the molecule is [2H]c1c([2H])c([2H])c(-c2cc(C(C)(C)C)cc(-c3c([2H])c([2H])c([2H])c([2H])c3[2H])c2C[n+]2[c-]n(-c3cccc(Oc4ccc5c6cc([Si](c7ccccc7)(c7ccccc7)c7ccccc7)ccc6n(-c6cc(C([2H])([2H])[2H])c(-c7c(C)cccc7C([2H])([2H])[2H])cn6)c5c4)c3)c3ccccc32)c([2H])c1[2H]. The van der Waals surface area contributed by atoms with E-state index in [4.69, 9.17) is 26.2 Å². The number of fused-ring (bicyclic) bond motifs is 4. The molecule has 14 rings (SSSR count). The Kier molecular flexibility index (Phi) is 9.95. The first kappa shape index (κ1) is 38.7. The van der Waals surface area contributed by atoms with Gasteiger partial charge in [-0.15, -0.1) is 0 Å². The molecule has 3 heterocycles. The molecule has 0 N–H and O–H groups in total. The molecule has 0 atom stereocenters. The summed E-state index contributed by atoms with van der Waals surface area (Å²) in [6.45, 7) is 2.13. The predicted molar refractivity (Wildman–Crippen MR) is 359 cm³/mol. The highest BCUT2D eigenvalue weighted by atomic mass is 28.3. The van der Waals surface area contributed by atoms with E-state index in [1.807, 2.05) is 115 Å². The van der Waals surface area contributed by atoms with Crippen LogP contribution in [0.25, 0.3) is 77.7 Å². The molecule has 0 aliphatic rings. The number of ether oxygens (including phenoxy) is 1. The lowest BCUT2D eigenvalue weighted by Crippen LogP contribution is -2.74. The first-order valence-corrected chi connectivity index (χ1v) is 30.5. The van der Waals surface area contributed by atoms with E-state index in [9.17, 15) is 5.48 Å². The topological polar surface area (TPSA) is 35.9 Å². The average Bonchev–Trinajstić information content (AvgIpc) is 1.42. The summed E-state index contributed by atoms with van der Waals surface area (Å²) in [5, 5.41) is 6.27. The Morgan fingerprint density at radius 1 is 0.523 bits per heavy atom. The number of hydrogen-bond donors (Lipinski definition) is 0. The van der Waals surface area contributed by atoms with Crippen molar-refractivity contribution in [1.82, 2.24) is 14.1 Å². The van der Waals surface area contributed by atoms with Gasteiger partial charge in [0.05, 0.1) is 48.0 Å². The molecule has 6 heteroatoms. The largest absolute Gasteiger partial charge is 0.458 e. The van der Waals surface area contributed by atoms with Crippen LogP contribution in [0.5, 0.6) is 11.5 Å². The maximum atomic E-state index is 9.30. The minimum atomic E-state index is -3.11. The lowest BCUT2D eigenvalue weighted by Gasteiger charge is -2.34. The summed E-state index contributed by atoms with van der Waals surface area (Å²) in [5.74, 6) is 1.10. The molecule has 0 spiro atoms. The third-order valence-corrected chi connectivity index (χ3v) is 21.1. The lowest BCUT2D eigenvalue weighted by atomic mass is 9.81. The molecule has 0 aliphatic carbocycles. The second-order valence-corrected chi connectivity index (χ2v) is 26.4. The second kappa shape index (κ2) is 22.1. The fraction of sp³-hybridized carbons (Fsp3) is 0.100. The van der Waals surface area contributed by atoms with E-state index < -0.39 is 87.6 Å². The van der Waals surface area contributed by atoms with E-state index in [1.165, 1.54) is 33.9 Å². The monoisotopic (exact) mass is 1140 g/mol. The van der Waals surface area contributed by atoms with E-state index in [0.29, 0.717) is 50.4 Å². The van der Waals surface area contributed by atoms with Crippen LogP contribution in [0, 0.1) is 27.0 Å². The summed E-state index contributed by atoms with van der Waals surface area (Å²) in [4.78, 5) is 5.06. The maximum absolute atomic E-state index is 9.30. The van der Waals surface area contributed by atoms with E-state index in [1.54, 1.807) is 35.8 Å². The number of hydrogen-bond acceptors (Lipinski definition) is 2. The first-order valence-electron chi connectivity index (χ1n) is 36.5. The molecule has 0 fully saturated rings. The van der Waals surface area contributed by atoms with Crippen LogP contribution in [0.3, 0.4) is 0 Å². The van der Waals surface area contributed by atoms with Gasteiger partial charge >= 0.3 is 0 Å². The average molecular weight is 1140 g/mol.